The van der Waals surface area contributed by atoms with Crippen molar-refractivity contribution in [1.82, 2.24) is 5.32 Å². The predicted octanol–water partition coefficient (Wildman–Crippen LogP) is 1.78. The Kier molecular flexibility index (Phi) is 5.10. The van der Waals surface area contributed by atoms with Crippen molar-refractivity contribution >= 4 is 10.8 Å². The molecule has 1 aliphatic rings. The molecule has 0 aromatic heterocycles. The molecule has 0 saturated heterocycles. The van der Waals surface area contributed by atoms with Gasteiger partial charge in [0, 0.05) is 34.9 Å². The summed E-state index contributed by atoms with van der Waals surface area (Å²) < 4.78 is 11.2. The molecule has 2 atom stereocenters. The van der Waals surface area contributed by atoms with Crippen LogP contribution >= 0.6 is 0 Å². The van der Waals surface area contributed by atoms with Crippen molar-refractivity contribution in [3.63, 3.8) is 0 Å². The fourth-order valence-corrected chi connectivity index (χ4v) is 2.52. The lowest BCUT2D eigenvalue weighted by Gasteiger charge is -2.21. The first kappa shape index (κ1) is 12.2. The summed E-state index contributed by atoms with van der Waals surface area (Å²) >= 11 is 0. The molecule has 1 N–H and O–H groups in total. The normalized spacial score (nSPS) is 21.1. The van der Waals surface area contributed by atoms with Crippen molar-refractivity contribution in [1.29, 1.82) is 0 Å². The Morgan fingerprint density at radius 2 is 2.07 bits per heavy atom. The average molecular weight is 217 g/mol. The van der Waals surface area contributed by atoms with Crippen LogP contribution in [0, 0.1) is 11.8 Å². The summed E-state index contributed by atoms with van der Waals surface area (Å²) in [6, 6.07) is 0.656. The Labute approximate surface area is 90.3 Å². The van der Waals surface area contributed by atoms with Crippen LogP contribution in [0.5, 0.6) is 0 Å². The highest BCUT2D eigenvalue weighted by Crippen LogP contribution is 2.35. The fraction of sp³-hybridized carbons (Fsp3) is 1.00. The van der Waals surface area contributed by atoms with Crippen molar-refractivity contribution in [2.75, 3.05) is 18.1 Å². The van der Waals surface area contributed by atoms with Gasteiger partial charge in [0.15, 0.2) is 0 Å². The smallest absolute Gasteiger partial charge is 0.0360 e. The Morgan fingerprint density at radius 3 is 2.50 bits per heavy atom. The molecule has 0 radical (unpaired) electrons. The van der Waals surface area contributed by atoms with Crippen molar-refractivity contribution < 1.29 is 4.21 Å². The second kappa shape index (κ2) is 5.86. The molecule has 0 spiro atoms. The van der Waals surface area contributed by atoms with Gasteiger partial charge < -0.3 is 5.32 Å². The van der Waals surface area contributed by atoms with Gasteiger partial charge in [-0.1, -0.05) is 20.8 Å². The van der Waals surface area contributed by atoms with E-state index in [1.165, 1.54) is 12.8 Å². The van der Waals surface area contributed by atoms with E-state index in [2.05, 4.69) is 19.2 Å². The molecule has 14 heavy (non-hydrogen) atoms. The topological polar surface area (TPSA) is 29.1 Å². The predicted molar refractivity (Wildman–Crippen MR) is 62.9 cm³/mol. The monoisotopic (exact) mass is 217 g/mol. The summed E-state index contributed by atoms with van der Waals surface area (Å²) in [6.45, 7) is 7.44. The molecule has 0 aliphatic heterocycles. The summed E-state index contributed by atoms with van der Waals surface area (Å²) in [7, 11) is -0.612. The summed E-state index contributed by atoms with van der Waals surface area (Å²) in [4.78, 5) is 0. The molecule has 1 saturated carbocycles. The van der Waals surface area contributed by atoms with Gasteiger partial charge in [0.2, 0.25) is 0 Å². The van der Waals surface area contributed by atoms with Gasteiger partial charge in [0.05, 0.1) is 0 Å². The third-order valence-electron chi connectivity index (χ3n) is 2.88. The zero-order chi connectivity index (χ0) is 10.6. The average Bonchev–Trinajstić information content (AvgIpc) is 2.94. The Hall–Kier alpha value is 0.110. The van der Waals surface area contributed by atoms with Gasteiger partial charge in [-0.05, 0) is 24.7 Å². The van der Waals surface area contributed by atoms with Crippen molar-refractivity contribution in [2.45, 2.75) is 39.7 Å². The third-order valence-corrected chi connectivity index (χ3v) is 4.18. The summed E-state index contributed by atoms with van der Waals surface area (Å²) in [5.41, 5.74) is 0. The lowest BCUT2D eigenvalue weighted by molar-refractivity contribution is 0.369. The maximum absolute atomic E-state index is 11.2. The Bertz CT molecular complexity index is 188. The van der Waals surface area contributed by atoms with E-state index in [1.807, 2.05) is 6.92 Å². The van der Waals surface area contributed by atoms with E-state index < -0.39 is 10.8 Å². The van der Waals surface area contributed by atoms with E-state index in [4.69, 9.17) is 0 Å². The highest BCUT2D eigenvalue weighted by molar-refractivity contribution is 7.84. The van der Waals surface area contributed by atoms with Crippen LogP contribution in [0.2, 0.25) is 0 Å². The zero-order valence-corrected chi connectivity index (χ0v) is 10.4. The van der Waals surface area contributed by atoms with Crippen LogP contribution in [0.25, 0.3) is 0 Å². The third kappa shape index (κ3) is 4.09. The number of nitrogens with one attached hydrogen (secondary N) is 1. The van der Waals surface area contributed by atoms with Crippen molar-refractivity contribution in [3.8, 4) is 0 Å². The van der Waals surface area contributed by atoms with Crippen LogP contribution in [0.3, 0.4) is 0 Å². The highest BCUT2D eigenvalue weighted by atomic mass is 32.2. The van der Waals surface area contributed by atoms with Crippen molar-refractivity contribution in [3.05, 3.63) is 0 Å². The van der Waals surface area contributed by atoms with E-state index >= 15 is 0 Å². The van der Waals surface area contributed by atoms with Gasteiger partial charge >= 0.3 is 0 Å². The molecule has 1 aliphatic carbocycles. The molecule has 0 heterocycles. The molecule has 0 amide bonds. The lowest BCUT2D eigenvalue weighted by atomic mass is 10.00. The van der Waals surface area contributed by atoms with Gasteiger partial charge in [0.1, 0.15) is 0 Å². The maximum atomic E-state index is 11.2. The zero-order valence-electron chi connectivity index (χ0n) is 9.58. The largest absolute Gasteiger partial charge is 0.313 e. The SMILES string of the molecule is CCS(=O)CCNC(C(C)C)C1CC1. The van der Waals surface area contributed by atoms with Gasteiger partial charge in [0.25, 0.3) is 0 Å². The number of hydrogen-bond acceptors (Lipinski definition) is 2. The lowest BCUT2D eigenvalue weighted by Crippen LogP contribution is -2.38. The molecule has 2 unspecified atom stereocenters. The van der Waals surface area contributed by atoms with Gasteiger partial charge in [-0.25, -0.2) is 0 Å². The van der Waals surface area contributed by atoms with E-state index in [9.17, 15) is 4.21 Å². The maximum Gasteiger partial charge on any atom is 0.0360 e. The van der Waals surface area contributed by atoms with E-state index in [0.29, 0.717) is 12.0 Å². The molecule has 3 heteroatoms. The summed E-state index contributed by atoms with van der Waals surface area (Å²) in [6.07, 6.45) is 2.76. The van der Waals surface area contributed by atoms with E-state index in [0.717, 1.165) is 24.0 Å². The first-order chi connectivity index (χ1) is 6.65. The summed E-state index contributed by atoms with van der Waals surface area (Å²) in [5.74, 6) is 3.20. The van der Waals surface area contributed by atoms with Crippen molar-refractivity contribution in [2.24, 2.45) is 11.8 Å². The minimum absolute atomic E-state index is 0.612. The summed E-state index contributed by atoms with van der Waals surface area (Å²) in [5, 5.41) is 3.55. The molecule has 0 bridgehead atoms. The van der Waals surface area contributed by atoms with Crippen LogP contribution in [0.1, 0.15) is 33.6 Å². The highest BCUT2D eigenvalue weighted by Gasteiger charge is 2.32. The van der Waals surface area contributed by atoms with Crippen LogP contribution in [0.15, 0.2) is 0 Å². The molecule has 84 valence electrons. The minimum Gasteiger partial charge on any atom is -0.313 e. The molecule has 2 nitrogen and oxygen atoms in total. The standard InChI is InChI=1S/C11H23NOS/c1-4-14(13)8-7-12-11(9(2)3)10-5-6-10/h9-12H,4-8H2,1-3H3. The molecular weight excluding hydrogens is 194 g/mol. The molecular formula is C11H23NOS. The van der Waals surface area contributed by atoms with E-state index in [1.54, 1.807) is 0 Å². The second-order valence-corrected chi connectivity index (χ2v) is 6.36. The molecule has 0 aromatic rings. The van der Waals surface area contributed by atoms with E-state index in [-0.39, 0.29) is 0 Å². The van der Waals surface area contributed by atoms with Gasteiger partial charge in [-0.2, -0.15) is 0 Å². The molecule has 1 fully saturated rings. The van der Waals surface area contributed by atoms with Crippen LogP contribution in [-0.2, 0) is 10.8 Å². The number of hydrogen-bond donors (Lipinski definition) is 1. The first-order valence-corrected chi connectivity index (χ1v) is 7.22. The van der Waals surface area contributed by atoms with Gasteiger partial charge in [-0.3, -0.25) is 4.21 Å². The van der Waals surface area contributed by atoms with Crippen LogP contribution < -0.4 is 5.32 Å². The van der Waals surface area contributed by atoms with Crippen LogP contribution in [-0.4, -0.2) is 28.3 Å². The second-order valence-electron chi connectivity index (χ2n) is 4.49. The molecule has 1 rings (SSSR count). The van der Waals surface area contributed by atoms with Crippen LogP contribution in [0.4, 0.5) is 0 Å². The molecule has 0 aromatic carbocycles. The minimum atomic E-state index is -0.612. The first-order valence-electron chi connectivity index (χ1n) is 5.73. The Morgan fingerprint density at radius 1 is 1.43 bits per heavy atom. The quantitative estimate of drug-likeness (QED) is 0.704. The Balaban J connectivity index is 2.16. The number of rotatable bonds is 7. The van der Waals surface area contributed by atoms with Gasteiger partial charge in [-0.15, -0.1) is 0 Å². The fourth-order valence-electron chi connectivity index (χ4n) is 1.89.